The van der Waals surface area contributed by atoms with E-state index >= 15 is 0 Å². The molecule has 0 aromatic heterocycles. The van der Waals surface area contributed by atoms with Crippen LogP contribution in [0.2, 0.25) is 0 Å². The minimum absolute atomic E-state index is 0. The number of carbonyl (C=O) groups is 1. The van der Waals surface area contributed by atoms with Crippen LogP contribution < -0.4 is 11.1 Å². The van der Waals surface area contributed by atoms with Crippen LogP contribution in [0.3, 0.4) is 0 Å². The molecule has 1 aromatic carbocycles. The summed E-state index contributed by atoms with van der Waals surface area (Å²) >= 11 is 0. The number of rotatable bonds is 6. The third kappa shape index (κ3) is 5.59. The van der Waals surface area contributed by atoms with E-state index in [1.165, 1.54) is 0 Å². The monoisotopic (exact) mass is 463 g/mol. The maximum Gasteiger partial charge on any atom is 0.315 e. The summed E-state index contributed by atoms with van der Waals surface area (Å²) in [5.41, 5.74) is 6.75. The molecule has 1 atom stereocenters. The highest BCUT2D eigenvalue weighted by atomic mass is 35.5. The van der Waals surface area contributed by atoms with Crippen molar-refractivity contribution < 1.29 is 14.6 Å². The molecular weight excluding hydrogens is 426 g/mol. The van der Waals surface area contributed by atoms with E-state index < -0.39 is 11.6 Å². The first-order chi connectivity index (χ1) is 14.7. The summed E-state index contributed by atoms with van der Waals surface area (Å²) < 4.78 is 5.94. The fourth-order valence-electron chi connectivity index (χ4n) is 4.99. The normalized spacial score (nSPS) is 22.1. The number of amides is 2. The summed E-state index contributed by atoms with van der Waals surface area (Å²) in [7, 11) is 1.65. The van der Waals surface area contributed by atoms with E-state index in [4.69, 9.17) is 10.5 Å². The number of hydrogen-bond donors (Lipinski definition) is 3. The zero-order valence-electron chi connectivity index (χ0n) is 19.7. The van der Waals surface area contributed by atoms with Crippen LogP contribution in [0.15, 0.2) is 53.5 Å². The van der Waals surface area contributed by atoms with Crippen LogP contribution in [0.4, 0.5) is 4.79 Å². The first-order valence-electron chi connectivity index (χ1n) is 11.2. The highest BCUT2D eigenvalue weighted by Gasteiger charge is 2.49. The average Bonchev–Trinajstić information content (AvgIpc) is 2.72. The van der Waals surface area contributed by atoms with Gasteiger partial charge < -0.3 is 25.8 Å². The van der Waals surface area contributed by atoms with Crippen LogP contribution in [-0.2, 0) is 11.3 Å². The Kier molecular flexibility index (Phi) is 8.66. The molecule has 6 nitrogen and oxygen atoms in total. The number of primary amides is 1. The lowest BCUT2D eigenvalue weighted by molar-refractivity contribution is 0.0486. The van der Waals surface area contributed by atoms with Crippen LogP contribution in [-0.4, -0.2) is 41.8 Å². The number of hydrogen-bond acceptors (Lipinski definition) is 4. The van der Waals surface area contributed by atoms with Gasteiger partial charge in [0.25, 0.3) is 0 Å². The predicted molar refractivity (Wildman–Crippen MR) is 131 cm³/mol. The number of carbonyl (C=O) groups excluding carboxylic acids is 1. The number of nitrogens with zero attached hydrogens (tertiary/aromatic N) is 1. The molecule has 3 rings (SSSR count). The Bertz CT molecular complexity index is 842. The van der Waals surface area contributed by atoms with E-state index in [1.807, 2.05) is 36.4 Å². The Morgan fingerprint density at radius 2 is 1.88 bits per heavy atom. The van der Waals surface area contributed by atoms with E-state index in [2.05, 4.69) is 26.1 Å². The molecule has 1 unspecified atom stereocenters. The second-order valence-electron chi connectivity index (χ2n) is 9.84. The summed E-state index contributed by atoms with van der Waals surface area (Å²) in [5, 5.41) is 14.6. The van der Waals surface area contributed by atoms with E-state index in [-0.39, 0.29) is 17.8 Å². The molecule has 1 saturated heterocycles. The van der Waals surface area contributed by atoms with E-state index in [0.717, 1.165) is 37.1 Å². The second-order valence-corrected chi connectivity index (χ2v) is 9.84. The number of nitrogens with one attached hydrogen (secondary N) is 1. The van der Waals surface area contributed by atoms with Gasteiger partial charge in [0.15, 0.2) is 0 Å². The molecule has 178 valence electrons. The predicted octanol–water partition coefficient (Wildman–Crippen LogP) is 4.91. The van der Waals surface area contributed by atoms with Gasteiger partial charge in [0, 0.05) is 13.0 Å². The molecule has 0 saturated carbocycles. The molecule has 1 aromatic rings. The molecule has 32 heavy (non-hydrogen) atoms. The van der Waals surface area contributed by atoms with Gasteiger partial charge in [-0.1, -0.05) is 51.1 Å². The first kappa shape index (κ1) is 26.1. The van der Waals surface area contributed by atoms with Gasteiger partial charge >= 0.3 is 6.03 Å². The van der Waals surface area contributed by atoms with E-state index in [1.54, 1.807) is 12.0 Å². The average molecular weight is 464 g/mol. The third-order valence-electron chi connectivity index (χ3n) is 6.58. The standard InChI is InChI=1S/C25H37N3O3.ClH/c1-24(2,3)20-14-22(31-4)25(16-21(20)29,15-18-10-12-27-13-11-18)28(23(26)30)17-19-8-6-5-7-9-19;/h5-9,14,18,27,29H,10-13,15-17H2,1-4H3,(H2,26,30);1H. The number of benzene rings is 1. The van der Waals surface area contributed by atoms with E-state index in [0.29, 0.717) is 36.8 Å². The van der Waals surface area contributed by atoms with Crippen molar-refractivity contribution in [1.82, 2.24) is 10.2 Å². The quantitative estimate of drug-likeness (QED) is 0.559. The molecular formula is C25H38ClN3O3. The molecule has 7 heteroatoms. The Morgan fingerprint density at radius 3 is 2.41 bits per heavy atom. The lowest BCUT2D eigenvalue weighted by Crippen LogP contribution is -2.57. The Morgan fingerprint density at radius 1 is 1.25 bits per heavy atom. The molecule has 4 N–H and O–H groups in total. The zero-order chi connectivity index (χ0) is 22.6. The second kappa shape index (κ2) is 10.6. The van der Waals surface area contributed by atoms with Crippen LogP contribution in [0.5, 0.6) is 0 Å². The highest BCUT2D eigenvalue weighted by Crippen LogP contribution is 2.46. The third-order valence-corrected chi connectivity index (χ3v) is 6.58. The Labute approximate surface area is 198 Å². The number of urea groups is 1. The molecule has 1 heterocycles. The molecule has 2 aliphatic rings. The molecule has 1 aliphatic carbocycles. The lowest BCUT2D eigenvalue weighted by Gasteiger charge is -2.48. The Balaban J connectivity index is 0.00000363. The summed E-state index contributed by atoms with van der Waals surface area (Å²) in [6.45, 7) is 8.47. The Hall–Kier alpha value is -2.18. The van der Waals surface area contributed by atoms with Crippen LogP contribution in [0.25, 0.3) is 0 Å². The number of piperidine rings is 1. The first-order valence-corrected chi connectivity index (χ1v) is 11.2. The largest absolute Gasteiger partial charge is 0.512 e. The van der Waals surface area contributed by atoms with Crippen molar-refractivity contribution in [2.75, 3.05) is 20.2 Å². The molecule has 0 radical (unpaired) electrons. The van der Waals surface area contributed by atoms with Gasteiger partial charge in [-0.3, -0.25) is 0 Å². The molecule has 1 fully saturated rings. The minimum atomic E-state index is -0.822. The maximum atomic E-state index is 12.9. The summed E-state index contributed by atoms with van der Waals surface area (Å²) in [6, 6.07) is 9.34. The number of aliphatic hydroxyl groups is 1. The van der Waals surface area contributed by atoms with Crippen molar-refractivity contribution in [2.45, 2.75) is 58.5 Å². The van der Waals surface area contributed by atoms with Gasteiger partial charge in [0.2, 0.25) is 0 Å². The summed E-state index contributed by atoms with van der Waals surface area (Å²) in [6.07, 6.45) is 4.98. The number of nitrogens with two attached hydrogens (primary N) is 1. The van der Waals surface area contributed by atoms with Gasteiger partial charge in [-0.15, -0.1) is 12.4 Å². The van der Waals surface area contributed by atoms with Gasteiger partial charge in [-0.05, 0) is 60.9 Å². The molecule has 0 spiro atoms. The van der Waals surface area contributed by atoms with Gasteiger partial charge in [0.1, 0.15) is 11.3 Å². The van der Waals surface area contributed by atoms with Crippen molar-refractivity contribution in [3.8, 4) is 0 Å². The zero-order valence-corrected chi connectivity index (χ0v) is 20.5. The number of ether oxygens (including phenoxy) is 1. The van der Waals surface area contributed by atoms with Gasteiger partial charge in [-0.25, -0.2) is 4.79 Å². The summed E-state index contributed by atoms with van der Waals surface area (Å²) in [5.74, 6) is 1.41. The fraction of sp³-hybridized carbons (Fsp3) is 0.560. The van der Waals surface area contributed by atoms with Crippen molar-refractivity contribution >= 4 is 18.4 Å². The minimum Gasteiger partial charge on any atom is -0.512 e. The van der Waals surface area contributed by atoms with Gasteiger partial charge in [-0.2, -0.15) is 0 Å². The highest BCUT2D eigenvalue weighted by molar-refractivity contribution is 5.85. The summed E-state index contributed by atoms with van der Waals surface area (Å²) in [4.78, 5) is 14.6. The number of methoxy groups -OCH3 is 1. The topological polar surface area (TPSA) is 87.8 Å². The van der Waals surface area contributed by atoms with Crippen LogP contribution in [0, 0.1) is 11.3 Å². The van der Waals surface area contributed by atoms with Crippen LogP contribution in [0.1, 0.15) is 52.0 Å². The molecule has 1 aliphatic heterocycles. The van der Waals surface area contributed by atoms with Crippen molar-refractivity contribution in [3.05, 3.63) is 59.1 Å². The molecule has 2 amide bonds. The van der Waals surface area contributed by atoms with E-state index in [9.17, 15) is 9.90 Å². The van der Waals surface area contributed by atoms with Gasteiger partial charge in [0.05, 0.1) is 12.9 Å². The lowest BCUT2D eigenvalue weighted by atomic mass is 9.71. The number of aliphatic hydroxyl groups excluding tert-OH is 1. The number of allylic oxidation sites excluding steroid dienone is 2. The van der Waals surface area contributed by atoms with Crippen molar-refractivity contribution in [2.24, 2.45) is 17.1 Å². The fourth-order valence-corrected chi connectivity index (χ4v) is 4.99. The smallest absolute Gasteiger partial charge is 0.315 e. The maximum absolute atomic E-state index is 12.9. The van der Waals surface area contributed by atoms with Crippen molar-refractivity contribution in [3.63, 3.8) is 0 Å². The van der Waals surface area contributed by atoms with Crippen LogP contribution >= 0.6 is 12.4 Å². The molecule has 0 bridgehead atoms. The van der Waals surface area contributed by atoms with Crippen molar-refractivity contribution in [1.29, 1.82) is 0 Å². The SMILES string of the molecule is COC1=CC(C(C)(C)C)=C(O)CC1(CC1CCNCC1)N(Cc1ccccc1)C(N)=O.Cl. The number of halogens is 1.